The van der Waals surface area contributed by atoms with Gasteiger partial charge in [-0.3, -0.25) is 4.79 Å². The van der Waals surface area contributed by atoms with Gasteiger partial charge in [0.1, 0.15) is 11.5 Å². The van der Waals surface area contributed by atoms with E-state index in [1.54, 1.807) is 24.3 Å². The lowest BCUT2D eigenvalue weighted by molar-refractivity contribution is -0.113. The number of aromatic hydroxyl groups is 2. The van der Waals surface area contributed by atoms with Crippen LogP contribution in [0.25, 0.3) is 0 Å². The highest BCUT2D eigenvalue weighted by Gasteiger charge is 2.08. The fourth-order valence-corrected chi connectivity index (χ4v) is 2.69. The van der Waals surface area contributed by atoms with Crippen LogP contribution in [0.1, 0.15) is 0 Å². The molecule has 0 bridgehead atoms. The first-order chi connectivity index (χ1) is 10.3. The summed E-state index contributed by atoms with van der Waals surface area (Å²) in [7, 11) is 0. The molecule has 4 N–H and O–H groups in total. The van der Waals surface area contributed by atoms with Crippen LogP contribution in [0, 0.1) is 0 Å². The van der Waals surface area contributed by atoms with Gasteiger partial charge in [0, 0.05) is 10.0 Å². The topological polar surface area (TPSA) is 83.6 Å². The number of hydrogen-bond donors (Lipinski definition) is 3. The molecule has 0 spiro atoms. The lowest BCUT2D eigenvalue weighted by Crippen LogP contribution is -2.04. The van der Waals surface area contributed by atoms with Gasteiger partial charge in [0.25, 0.3) is 0 Å². The number of halogens is 2. The second-order valence-electron chi connectivity index (χ2n) is 3.93. The van der Waals surface area contributed by atoms with Crippen molar-refractivity contribution in [3.05, 3.63) is 59.1 Å². The molecule has 0 unspecified atom stereocenters. The first-order valence-corrected chi connectivity index (χ1v) is 7.47. The van der Waals surface area contributed by atoms with Crippen molar-refractivity contribution in [3.63, 3.8) is 0 Å². The average molecular weight is 358 g/mol. The third-order valence-electron chi connectivity index (χ3n) is 2.26. The molecule has 0 atom stereocenters. The molecule has 2 aromatic rings. The summed E-state index contributed by atoms with van der Waals surface area (Å²) >= 11 is 12.9. The highest BCUT2D eigenvalue weighted by atomic mass is 35.5. The van der Waals surface area contributed by atoms with E-state index in [4.69, 9.17) is 23.2 Å². The monoisotopic (exact) mass is 357 g/mol. The molecule has 0 saturated carbocycles. The van der Waals surface area contributed by atoms with Gasteiger partial charge in [-0.1, -0.05) is 41.5 Å². The van der Waals surface area contributed by atoms with Crippen molar-refractivity contribution < 1.29 is 15.0 Å². The predicted molar refractivity (Wildman–Crippen MR) is 89.7 cm³/mol. The van der Waals surface area contributed by atoms with Crippen LogP contribution in [-0.4, -0.2) is 16.1 Å². The molecule has 4 nitrogen and oxygen atoms in total. The number of phenolic OH excluding ortho intramolecular Hbond substituents is 2. The van der Waals surface area contributed by atoms with Gasteiger partial charge >= 0.3 is 0 Å². The number of primary amides is 1. The number of phenols is 2. The van der Waals surface area contributed by atoms with Crippen LogP contribution < -0.4 is 5.73 Å². The molecule has 0 aliphatic heterocycles. The standard InChI is InChI=1S/C12H8Cl2O2S.C3H5NO/c13-7-1-3-9(15)11(5-7)17-12-6-8(14)2-4-10(12)16;1-2-3(4)5/h1-6,15-16H;2H,1H2,(H2,4,5). The molecule has 0 saturated heterocycles. The van der Waals surface area contributed by atoms with Crippen LogP contribution in [0.2, 0.25) is 10.0 Å². The molecule has 2 aromatic carbocycles. The Morgan fingerprint density at radius 3 is 1.73 bits per heavy atom. The molecule has 22 heavy (non-hydrogen) atoms. The summed E-state index contributed by atoms with van der Waals surface area (Å²) in [5, 5.41) is 20.4. The van der Waals surface area contributed by atoms with Gasteiger partial charge in [0.2, 0.25) is 5.91 Å². The third-order valence-corrected chi connectivity index (χ3v) is 3.83. The van der Waals surface area contributed by atoms with E-state index in [1.807, 2.05) is 0 Å². The summed E-state index contributed by atoms with van der Waals surface area (Å²) < 4.78 is 0. The van der Waals surface area contributed by atoms with E-state index in [2.05, 4.69) is 12.3 Å². The summed E-state index contributed by atoms with van der Waals surface area (Å²) in [5.74, 6) is -0.262. The van der Waals surface area contributed by atoms with Gasteiger partial charge in [-0.25, -0.2) is 0 Å². The summed E-state index contributed by atoms with van der Waals surface area (Å²) in [6, 6.07) is 9.46. The molecular formula is C15H13Cl2NO3S. The number of benzene rings is 2. The van der Waals surface area contributed by atoms with E-state index in [1.165, 1.54) is 23.9 Å². The maximum atomic E-state index is 9.66. The average Bonchev–Trinajstić information content (AvgIpc) is 2.47. The Morgan fingerprint density at radius 2 is 1.41 bits per heavy atom. The van der Waals surface area contributed by atoms with Gasteiger partial charge in [-0.2, -0.15) is 0 Å². The minimum atomic E-state index is -0.481. The summed E-state index contributed by atoms with van der Waals surface area (Å²) in [5.41, 5.74) is 4.53. The highest BCUT2D eigenvalue weighted by Crippen LogP contribution is 2.40. The summed E-state index contributed by atoms with van der Waals surface area (Å²) in [4.78, 5) is 10.6. The van der Waals surface area contributed by atoms with Crippen LogP contribution in [-0.2, 0) is 4.79 Å². The molecule has 1 amide bonds. The Kier molecular flexibility index (Phi) is 7.11. The number of hydrogen-bond acceptors (Lipinski definition) is 4. The normalized spacial score (nSPS) is 9.55. The molecule has 0 aliphatic carbocycles. The van der Waals surface area contributed by atoms with E-state index in [0.717, 1.165) is 6.08 Å². The van der Waals surface area contributed by atoms with Crippen LogP contribution in [0.5, 0.6) is 11.5 Å². The Morgan fingerprint density at radius 1 is 1.05 bits per heavy atom. The van der Waals surface area contributed by atoms with Crippen LogP contribution in [0.3, 0.4) is 0 Å². The van der Waals surface area contributed by atoms with Crippen molar-refractivity contribution in [2.75, 3.05) is 0 Å². The zero-order chi connectivity index (χ0) is 16.7. The second kappa shape index (κ2) is 8.58. The Bertz CT molecular complexity index is 643. The van der Waals surface area contributed by atoms with Crippen molar-refractivity contribution in [2.45, 2.75) is 9.79 Å². The fraction of sp³-hybridized carbons (Fsp3) is 0. The van der Waals surface area contributed by atoms with Crippen LogP contribution in [0.15, 0.2) is 58.8 Å². The molecule has 2 rings (SSSR count). The van der Waals surface area contributed by atoms with Crippen LogP contribution in [0.4, 0.5) is 0 Å². The molecule has 0 aromatic heterocycles. The van der Waals surface area contributed by atoms with Crippen molar-refractivity contribution in [1.29, 1.82) is 0 Å². The third kappa shape index (κ3) is 5.89. The molecular weight excluding hydrogens is 345 g/mol. The predicted octanol–water partition coefficient (Wildman–Crippen LogP) is 4.21. The first kappa shape index (κ1) is 18.2. The maximum absolute atomic E-state index is 9.66. The molecule has 0 radical (unpaired) electrons. The zero-order valence-electron chi connectivity index (χ0n) is 11.3. The highest BCUT2D eigenvalue weighted by molar-refractivity contribution is 7.99. The van der Waals surface area contributed by atoms with Crippen molar-refractivity contribution in [1.82, 2.24) is 0 Å². The fourth-order valence-electron chi connectivity index (χ4n) is 1.26. The smallest absolute Gasteiger partial charge is 0.240 e. The van der Waals surface area contributed by atoms with E-state index in [0.29, 0.717) is 19.8 Å². The van der Waals surface area contributed by atoms with E-state index >= 15 is 0 Å². The maximum Gasteiger partial charge on any atom is 0.240 e. The Labute approximate surface area is 142 Å². The minimum Gasteiger partial charge on any atom is -0.507 e. The molecule has 116 valence electrons. The SMILES string of the molecule is C=CC(N)=O.Oc1ccc(Cl)cc1Sc1cc(Cl)ccc1O. The van der Waals surface area contributed by atoms with Gasteiger partial charge in [0.15, 0.2) is 0 Å². The Balaban J connectivity index is 0.000000422. The lowest BCUT2D eigenvalue weighted by atomic mass is 10.3. The number of rotatable bonds is 3. The van der Waals surface area contributed by atoms with Gasteiger partial charge in [0.05, 0.1) is 9.79 Å². The number of carbonyl (C=O) groups is 1. The van der Waals surface area contributed by atoms with Crippen LogP contribution >= 0.6 is 35.0 Å². The van der Waals surface area contributed by atoms with Gasteiger partial charge < -0.3 is 15.9 Å². The Hall–Kier alpha value is -1.82. The largest absolute Gasteiger partial charge is 0.507 e. The molecule has 7 heteroatoms. The number of carbonyl (C=O) groups excluding carboxylic acids is 1. The quantitative estimate of drug-likeness (QED) is 0.718. The van der Waals surface area contributed by atoms with E-state index < -0.39 is 5.91 Å². The van der Waals surface area contributed by atoms with Gasteiger partial charge in [-0.05, 0) is 42.5 Å². The molecule has 0 aliphatic rings. The summed E-state index contributed by atoms with van der Waals surface area (Å²) in [6.45, 7) is 3.09. The van der Waals surface area contributed by atoms with Crippen molar-refractivity contribution >= 4 is 40.9 Å². The summed E-state index contributed by atoms with van der Waals surface area (Å²) in [6.07, 6.45) is 1.06. The molecule has 0 heterocycles. The van der Waals surface area contributed by atoms with Crippen molar-refractivity contribution in [3.8, 4) is 11.5 Å². The zero-order valence-corrected chi connectivity index (χ0v) is 13.6. The minimum absolute atomic E-state index is 0.110. The first-order valence-electron chi connectivity index (χ1n) is 5.90. The van der Waals surface area contributed by atoms with E-state index in [9.17, 15) is 15.0 Å². The van der Waals surface area contributed by atoms with Crippen molar-refractivity contribution in [2.24, 2.45) is 5.73 Å². The van der Waals surface area contributed by atoms with E-state index in [-0.39, 0.29) is 11.5 Å². The number of nitrogens with two attached hydrogens (primary N) is 1. The number of amides is 1. The van der Waals surface area contributed by atoms with Gasteiger partial charge in [-0.15, -0.1) is 0 Å². The lowest BCUT2D eigenvalue weighted by Gasteiger charge is -2.07. The second-order valence-corrected chi connectivity index (χ2v) is 5.89. The molecule has 0 fully saturated rings.